The standard InChI is InChI=1S/C7H12OS/c1-2-6-3-4-9-7(5-6)8-9/h2,6-7,9H,1,3-5H2. The third-order valence-electron chi connectivity index (χ3n) is 2.09. The number of allylic oxidation sites excluding steroid dienone is 1. The minimum atomic E-state index is 0.0949. The Morgan fingerprint density at radius 1 is 1.67 bits per heavy atom. The van der Waals surface area contributed by atoms with Gasteiger partial charge in [0, 0.05) is 0 Å². The first-order valence-corrected chi connectivity index (χ1v) is 4.97. The monoisotopic (exact) mass is 144 g/mol. The zero-order chi connectivity index (χ0) is 6.27. The van der Waals surface area contributed by atoms with E-state index in [1.165, 1.54) is 18.6 Å². The van der Waals surface area contributed by atoms with E-state index < -0.39 is 0 Å². The van der Waals surface area contributed by atoms with Crippen molar-refractivity contribution in [3.8, 4) is 0 Å². The van der Waals surface area contributed by atoms with Crippen LogP contribution in [0.2, 0.25) is 0 Å². The van der Waals surface area contributed by atoms with Crippen LogP contribution in [0.5, 0.6) is 0 Å². The van der Waals surface area contributed by atoms with Gasteiger partial charge in [-0.3, -0.25) is 0 Å². The van der Waals surface area contributed by atoms with E-state index in [1.54, 1.807) is 0 Å². The van der Waals surface area contributed by atoms with E-state index in [0.717, 1.165) is 5.92 Å². The summed E-state index contributed by atoms with van der Waals surface area (Å²) in [5, 5.41) is 0. The van der Waals surface area contributed by atoms with Gasteiger partial charge in [-0.2, -0.15) is 0 Å². The third-order valence-corrected chi connectivity index (χ3v) is 4.07. The molecule has 3 unspecified atom stereocenters. The molecule has 2 aliphatic rings. The van der Waals surface area contributed by atoms with E-state index in [0.29, 0.717) is 5.44 Å². The molecular weight excluding hydrogens is 132 g/mol. The lowest BCUT2D eigenvalue weighted by molar-refractivity contribution is 0.404. The molecule has 0 aromatic heterocycles. The average Bonchev–Trinajstić information content (AvgIpc) is 2.64. The molecule has 0 aromatic carbocycles. The Labute approximate surface area is 58.6 Å². The summed E-state index contributed by atoms with van der Waals surface area (Å²) in [4.78, 5) is 0. The highest BCUT2D eigenvalue weighted by Crippen LogP contribution is 2.58. The molecule has 2 rings (SSSR count). The summed E-state index contributed by atoms with van der Waals surface area (Å²) in [7, 11) is 0. The van der Waals surface area contributed by atoms with E-state index >= 15 is 0 Å². The zero-order valence-electron chi connectivity index (χ0n) is 5.42. The van der Waals surface area contributed by atoms with Crippen LogP contribution >= 0.6 is 11.2 Å². The molecule has 2 heterocycles. The molecule has 0 aromatic rings. The lowest BCUT2D eigenvalue weighted by Gasteiger charge is -2.14. The molecule has 9 heavy (non-hydrogen) atoms. The summed E-state index contributed by atoms with van der Waals surface area (Å²) in [6, 6.07) is 0. The molecule has 0 bridgehead atoms. The molecule has 0 radical (unpaired) electrons. The van der Waals surface area contributed by atoms with Gasteiger partial charge in [0.25, 0.3) is 0 Å². The molecule has 0 spiro atoms. The Balaban J connectivity index is 1.93. The summed E-state index contributed by atoms with van der Waals surface area (Å²) >= 11 is 0.0949. The second-order valence-corrected chi connectivity index (χ2v) is 4.79. The van der Waals surface area contributed by atoms with Crippen LogP contribution in [-0.4, -0.2) is 11.2 Å². The summed E-state index contributed by atoms with van der Waals surface area (Å²) in [5.74, 6) is 2.09. The van der Waals surface area contributed by atoms with Crippen LogP contribution in [0.3, 0.4) is 0 Å². The normalized spacial score (nSPS) is 51.8. The van der Waals surface area contributed by atoms with Crippen LogP contribution in [0.1, 0.15) is 12.8 Å². The van der Waals surface area contributed by atoms with Crippen molar-refractivity contribution in [3.05, 3.63) is 12.7 Å². The highest BCUT2D eigenvalue weighted by molar-refractivity contribution is 8.18. The van der Waals surface area contributed by atoms with Crippen molar-refractivity contribution in [1.29, 1.82) is 0 Å². The van der Waals surface area contributed by atoms with Gasteiger partial charge in [-0.1, -0.05) is 6.08 Å². The fraction of sp³-hybridized carbons (Fsp3) is 0.714. The number of fused-ring (bicyclic) bond motifs is 1. The van der Waals surface area contributed by atoms with Gasteiger partial charge in [0.1, 0.15) is 5.44 Å². The van der Waals surface area contributed by atoms with Gasteiger partial charge >= 0.3 is 0 Å². The number of hydrogen-bond acceptors (Lipinski definition) is 1. The zero-order valence-corrected chi connectivity index (χ0v) is 6.31. The molecule has 52 valence electrons. The largest absolute Gasteiger partial charge is 0.323 e. The van der Waals surface area contributed by atoms with Crippen LogP contribution in [0.15, 0.2) is 12.7 Å². The van der Waals surface area contributed by atoms with Gasteiger partial charge in [0.15, 0.2) is 0 Å². The highest BCUT2D eigenvalue weighted by Gasteiger charge is 2.39. The van der Waals surface area contributed by atoms with Gasteiger partial charge in [-0.05, 0) is 24.5 Å². The lowest BCUT2D eigenvalue weighted by Crippen LogP contribution is -2.06. The van der Waals surface area contributed by atoms with Crippen LogP contribution in [0.25, 0.3) is 0 Å². The minimum Gasteiger partial charge on any atom is -0.323 e. The smallest absolute Gasteiger partial charge is 0.118 e. The molecule has 0 aliphatic carbocycles. The van der Waals surface area contributed by atoms with Gasteiger partial charge < -0.3 is 4.18 Å². The molecule has 1 nitrogen and oxygen atoms in total. The first-order chi connectivity index (χ1) is 4.40. The van der Waals surface area contributed by atoms with Crippen LogP contribution in [0, 0.1) is 5.92 Å². The molecule has 2 saturated heterocycles. The van der Waals surface area contributed by atoms with Crippen molar-refractivity contribution in [3.63, 3.8) is 0 Å². The Hall–Kier alpha value is 0.0500. The van der Waals surface area contributed by atoms with Crippen LogP contribution in [-0.2, 0) is 4.18 Å². The molecule has 2 fully saturated rings. The second kappa shape index (κ2) is 2.03. The molecule has 0 amide bonds. The number of hydrogen-bond donors (Lipinski definition) is 1. The van der Waals surface area contributed by atoms with E-state index in [4.69, 9.17) is 4.18 Å². The van der Waals surface area contributed by atoms with Gasteiger partial charge in [-0.15, -0.1) is 17.8 Å². The van der Waals surface area contributed by atoms with Crippen LogP contribution < -0.4 is 0 Å². The van der Waals surface area contributed by atoms with Crippen molar-refractivity contribution < 1.29 is 4.18 Å². The summed E-state index contributed by atoms with van der Waals surface area (Å²) in [5.41, 5.74) is 0.678. The van der Waals surface area contributed by atoms with Crippen molar-refractivity contribution in [2.75, 3.05) is 5.75 Å². The SMILES string of the molecule is C=CC1CC[SH]2OC2C1. The molecular formula is C7H12OS. The number of thiol groups is 1. The third kappa shape index (κ3) is 1.01. The fourth-order valence-corrected chi connectivity index (χ4v) is 3.40. The maximum Gasteiger partial charge on any atom is 0.118 e. The Bertz CT molecular complexity index is 135. The molecule has 0 N–H and O–H groups in total. The van der Waals surface area contributed by atoms with Crippen molar-refractivity contribution in [2.45, 2.75) is 18.3 Å². The Kier molecular flexibility index (Phi) is 1.31. The van der Waals surface area contributed by atoms with Crippen LogP contribution in [0.4, 0.5) is 0 Å². The van der Waals surface area contributed by atoms with E-state index in [9.17, 15) is 0 Å². The maximum absolute atomic E-state index is 5.43. The quantitative estimate of drug-likeness (QED) is 0.336. The van der Waals surface area contributed by atoms with Crippen molar-refractivity contribution >= 4 is 11.2 Å². The van der Waals surface area contributed by atoms with Crippen molar-refractivity contribution in [1.82, 2.24) is 0 Å². The first-order valence-electron chi connectivity index (χ1n) is 3.46. The van der Waals surface area contributed by atoms with E-state index in [1.807, 2.05) is 0 Å². The van der Waals surface area contributed by atoms with E-state index in [2.05, 4.69) is 12.7 Å². The predicted octanol–water partition coefficient (Wildman–Crippen LogP) is 1.85. The Morgan fingerprint density at radius 3 is 3.22 bits per heavy atom. The molecule has 3 atom stereocenters. The molecule has 2 aliphatic heterocycles. The molecule has 2 heteroatoms. The van der Waals surface area contributed by atoms with E-state index in [-0.39, 0.29) is 11.2 Å². The number of rotatable bonds is 1. The van der Waals surface area contributed by atoms with Gasteiger partial charge in [-0.25, -0.2) is 0 Å². The second-order valence-electron chi connectivity index (χ2n) is 2.72. The lowest BCUT2D eigenvalue weighted by atomic mass is 10.0. The Morgan fingerprint density at radius 2 is 2.56 bits per heavy atom. The average molecular weight is 144 g/mol. The summed E-state index contributed by atoms with van der Waals surface area (Å²) in [6.45, 7) is 3.79. The minimum absolute atomic E-state index is 0.0949. The molecule has 0 saturated carbocycles. The summed E-state index contributed by atoms with van der Waals surface area (Å²) in [6.07, 6.45) is 4.66. The fourth-order valence-electron chi connectivity index (χ4n) is 1.37. The first kappa shape index (κ1) is 5.81. The summed E-state index contributed by atoms with van der Waals surface area (Å²) < 4.78 is 5.43. The van der Waals surface area contributed by atoms with Gasteiger partial charge in [0.2, 0.25) is 0 Å². The topological polar surface area (TPSA) is 12.5 Å². The maximum atomic E-state index is 5.43. The van der Waals surface area contributed by atoms with Gasteiger partial charge in [0.05, 0.1) is 0 Å². The highest BCUT2D eigenvalue weighted by atomic mass is 32.2. The van der Waals surface area contributed by atoms with Crippen molar-refractivity contribution in [2.24, 2.45) is 5.92 Å². The predicted molar refractivity (Wildman–Crippen MR) is 41.6 cm³/mol.